The fraction of sp³-hybridized carbons (Fsp3) is 0.419. The smallest absolute Gasteiger partial charge is 0.254 e. The van der Waals surface area contributed by atoms with Crippen molar-refractivity contribution in [2.75, 3.05) is 19.6 Å². The van der Waals surface area contributed by atoms with Crippen LogP contribution in [-0.2, 0) is 11.3 Å². The lowest BCUT2D eigenvalue weighted by Crippen LogP contribution is -2.42. The second-order valence-corrected chi connectivity index (χ2v) is 11.1. The van der Waals surface area contributed by atoms with Gasteiger partial charge in [0.25, 0.3) is 5.91 Å². The zero-order valence-corrected chi connectivity index (χ0v) is 23.2. The second-order valence-electron chi connectivity index (χ2n) is 11.1. The van der Waals surface area contributed by atoms with E-state index in [1.54, 1.807) is 17.0 Å². The summed E-state index contributed by atoms with van der Waals surface area (Å²) in [6.45, 7) is 8.60. The van der Waals surface area contributed by atoms with E-state index in [-0.39, 0.29) is 30.0 Å². The van der Waals surface area contributed by atoms with Gasteiger partial charge in [0.1, 0.15) is 17.3 Å². The molecule has 9 heteroatoms. The summed E-state index contributed by atoms with van der Waals surface area (Å²) in [5.74, 6) is 0.334. The lowest BCUT2D eigenvalue weighted by molar-refractivity contribution is -0.128. The first-order chi connectivity index (χ1) is 19.3. The Hall–Kier alpha value is -3.85. The van der Waals surface area contributed by atoms with Crippen molar-refractivity contribution in [3.63, 3.8) is 0 Å². The van der Waals surface area contributed by atoms with E-state index in [1.165, 1.54) is 12.1 Å². The number of likely N-dealkylation sites (tertiary alicyclic amines) is 1. The normalized spacial score (nSPS) is 17.9. The summed E-state index contributed by atoms with van der Waals surface area (Å²) in [7, 11) is 0. The maximum absolute atomic E-state index is 15.3. The van der Waals surface area contributed by atoms with Gasteiger partial charge in [0.2, 0.25) is 5.91 Å². The Kier molecular flexibility index (Phi) is 8.40. The maximum Gasteiger partial charge on any atom is 0.254 e. The maximum atomic E-state index is 15.3. The molecule has 0 spiro atoms. The van der Waals surface area contributed by atoms with Gasteiger partial charge in [-0.2, -0.15) is 10.2 Å². The molecule has 1 atom stereocenters. The number of nitrogens with one attached hydrogen (secondary N) is 2. The van der Waals surface area contributed by atoms with Crippen LogP contribution in [0.1, 0.15) is 67.6 Å². The second kappa shape index (κ2) is 12.1. The van der Waals surface area contributed by atoms with E-state index in [0.29, 0.717) is 35.9 Å². The number of hydrogen-bond acceptors (Lipinski definition) is 6. The predicted molar refractivity (Wildman–Crippen MR) is 151 cm³/mol. The number of nitrogens with zero attached hydrogens (tertiary/aromatic N) is 3. The van der Waals surface area contributed by atoms with Gasteiger partial charge in [0.15, 0.2) is 0 Å². The molecular formula is C31H36FN5O3. The molecule has 3 heterocycles. The first-order valence-electron chi connectivity index (χ1n) is 14.0. The Balaban J connectivity index is 1.40. The van der Waals surface area contributed by atoms with Crippen molar-refractivity contribution in [2.45, 2.75) is 58.5 Å². The molecule has 40 heavy (non-hydrogen) atoms. The topological polar surface area (TPSA) is 96.5 Å². The van der Waals surface area contributed by atoms with Crippen LogP contribution in [-0.4, -0.2) is 52.6 Å². The van der Waals surface area contributed by atoms with E-state index < -0.39 is 11.7 Å². The van der Waals surface area contributed by atoms with Gasteiger partial charge in [0.05, 0.1) is 17.0 Å². The highest BCUT2D eigenvalue weighted by Gasteiger charge is 2.28. The quantitative estimate of drug-likeness (QED) is 0.411. The van der Waals surface area contributed by atoms with Crippen LogP contribution >= 0.6 is 0 Å². The molecule has 3 aromatic rings. The molecule has 0 unspecified atom stereocenters. The van der Waals surface area contributed by atoms with Crippen molar-refractivity contribution in [1.82, 2.24) is 25.7 Å². The number of benzene rings is 2. The van der Waals surface area contributed by atoms with Crippen molar-refractivity contribution in [1.29, 1.82) is 0 Å². The van der Waals surface area contributed by atoms with Crippen LogP contribution in [0.2, 0.25) is 0 Å². The molecule has 2 N–H and O–H groups in total. The standard InChI is InChI=1S/C31H36FN5O3/c1-19(2)27-8-9-28(36-35-27)21-4-6-24(7-5-21)40-29-16-25(31(39)34-23-10-12-33-13-11-23)26(32)15-22(29)18-37-17-20(3)14-30(37)38/h4-9,15-16,19-20,23,33H,10-14,17-18H2,1-3H3,(H,34,39)/t20-/m0/s1. The van der Waals surface area contributed by atoms with E-state index in [0.717, 1.165) is 42.9 Å². The number of piperidine rings is 1. The molecule has 0 saturated carbocycles. The van der Waals surface area contributed by atoms with Crippen molar-refractivity contribution in [3.05, 3.63) is 71.2 Å². The number of halogens is 1. The molecule has 2 saturated heterocycles. The largest absolute Gasteiger partial charge is 0.457 e. The Bertz CT molecular complexity index is 1350. The zero-order chi connectivity index (χ0) is 28.2. The minimum Gasteiger partial charge on any atom is -0.457 e. The first-order valence-corrected chi connectivity index (χ1v) is 14.0. The number of carbonyl (C=O) groups excluding carboxylic acids is 2. The van der Waals surface area contributed by atoms with E-state index in [2.05, 4.69) is 34.7 Å². The molecule has 0 aliphatic carbocycles. The highest BCUT2D eigenvalue weighted by Crippen LogP contribution is 2.32. The average Bonchev–Trinajstić information content (AvgIpc) is 3.27. The van der Waals surface area contributed by atoms with Gasteiger partial charge in [-0.15, -0.1) is 0 Å². The lowest BCUT2D eigenvalue weighted by atomic mass is 10.0. The lowest BCUT2D eigenvalue weighted by Gasteiger charge is -2.24. The molecule has 210 valence electrons. The molecule has 0 bridgehead atoms. The number of rotatable bonds is 8. The van der Waals surface area contributed by atoms with E-state index in [4.69, 9.17) is 4.74 Å². The van der Waals surface area contributed by atoms with Gasteiger partial charge >= 0.3 is 0 Å². The van der Waals surface area contributed by atoms with Crippen LogP contribution in [0.5, 0.6) is 11.5 Å². The van der Waals surface area contributed by atoms with Crippen LogP contribution in [0.15, 0.2) is 48.5 Å². The summed E-state index contributed by atoms with van der Waals surface area (Å²) in [5.41, 5.74) is 3.00. The number of amides is 2. The summed E-state index contributed by atoms with van der Waals surface area (Å²) in [5, 5.41) is 14.9. The molecule has 5 rings (SSSR count). The van der Waals surface area contributed by atoms with Gasteiger partial charge in [-0.05, 0) is 86.3 Å². The van der Waals surface area contributed by atoms with Crippen molar-refractivity contribution >= 4 is 11.8 Å². The monoisotopic (exact) mass is 545 g/mol. The molecule has 2 aromatic carbocycles. The first kappa shape index (κ1) is 27.7. The molecule has 2 aliphatic heterocycles. The number of aromatic nitrogens is 2. The van der Waals surface area contributed by atoms with Gasteiger partial charge in [-0.25, -0.2) is 4.39 Å². The van der Waals surface area contributed by atoms with E-state index in [9.17, 15) is 9.59 Å². The Morgan fingerprint density at radius 2 is 1.88 bits per heavy atom. The average molecular weight is 546 g/mol. The summed E-state index contributed by atoms with van der Waals surface area (Å²) >= 11 is 0. The highest BCUT2D eigenvalue weighted by atomic mass is 19.1. The Morgan fingerprint density at radius 3 is 2.50 bits per heavy atom. The summed E-state index contributed by atoms with van der Waals surface area (Å²) in [6.07, 6.45) is 2.06. The summed E-state index contributed by atoms with van der Waals surface area (Å²) < 4.78 is 21.5. The summed E-state index contributed by atoms with van der Waals surface area (Å²) in [6, 6.07) is 14.1. The molecular weight excluding hydrogens is 509 g/mol. The van der Waals surface area contributed by atoms with Gasteiger partial charge in [-0.3, -0.25) is 9.59 Å². The molecule has 2 amide bonds. The molecule has 0 radical (unpaired) electrons. The fourth-order valence-electron chi connectivity index (χ4n) is 5.17. The Morgan fingerprint density at radius 1 is 1.12 bits per heavy atom. The van der Waals surface area contributed by atoms with Crippen LogP contribution in [0.4, 0.5) is 4.39 Å². The van der Waals surface area contributed by atoms with Crippen molar-refractivity contribution < 1.29 is 18.7 Å². The van der Waals surface area contributed by atoms with Crippen LogP contribution in [0.25, 0.3) is 11.3 Å². The molecule has 2 fully saturated rings. The number of carbonyl (C=O) groups is 2. The third-order valence-corrected chi connectivity index (χ3v) is 7.49. The van der Waals surface area contributed by atoms with Crippen LogP contribution < -0.4 is 15.4 Å². The number of hydrogen-bond donors (Lipinski definition) is 2. The molecule has 8 nitrogen and oxygen atoms in total. The minimum absolute atomic E-state index is 0.00819. The number of ether oxygens (including phenoxy) is 1. The summed E-state index contributed by atoms with van der Waals surface area (Å²) in [4.78, 5) is 27.2. The van der Waals surface area contributed by atoms with E-state index >= 15 is 4.39 Å². The minimum atomic E-state index is -0.632. The molecule has 2 aliphatic rings. The highest BCUT2D eigenvalue weighted by molar-refractivity contribution is 5.95. The van der Waals surface area contributed by atoms with Crippen molar-refractivity contribution in [3.8, 4) is 22.8 Å². The predicted octanol–water partition coefficient (Wildman–Crippen LogP) is 5.05. The fourth-order valence-corrected chi connectivity index (χ4v) is 5.17. The van der Waals surface area contributed by atoms with Crippen LogP contribution in [0.3, 0.4) is 0 Å². The SMILES string of the molecule is CC(C)c1ccc(-c2ccc(Oc3cc(C(=O)NC4CCNCC4)c(F)cc3CN3C[C@@H](C)CC3=O)cc2)nn1. The molecule has 1 aromatic heterocycles. The van der Waals surface area contributed by atoms with Gasteiger partial charge < -0.3 is 20.3 Å². The Labute approximate surface area is 234 Å². The van der Waals surface area contributed by atoms with Gasteiger partial charge in [0, 0.05) is 36.7 Å². The zero-order valence-electron chi connectivity index (χ0n) is 23.2. The third-order valence-electron chi connectivity index (χ3n) is 7.49. The van der Waals surface area contributed by atoms with Crippen molar-refractivity contribution in [2.24, 2.45) is 5.92 Å². The van der Waals surface area contributed by atoms with E-state index in [1.807, 2.05) is 31.2 Å². The van der Waals surface area contributed by atoms with Gasteiger partial charge in [-0.1, -0.05) is 20.8 Å². The third kappa shape index (κ3) is 6.47. The van der Waals surface area contributed by atoms with Crippen LogP contribution in [0, 0.1) is 11.7 Å².